The Balaban J connectivity index is 2.38. The second-order valence-corrected chi connectivity index (χ2v) is 5.00. The van der Waals surface area contributed by atoms with Crippen LogP contribution >= 0.6 is 0 Å². The number of aliphatic hydroxyl groups is 1. The van der Waals surface area contributed by atoms with Crippen LogP contribution in [0.2, 0.25) is 0 Å². The molecule has 2 atom stereocenters. The average Bonchev–Trinajstić information content (AvgIpc) is 2.40. The molecule has 0 aliphatic carbocycles. The average molecular weight is 227 g/mol. The first-order chi connectivity index (χ1) is 7.63. The van der Waals surface area contributed by atoms with Crippen molar-refractivity contribution in [3.63, 3.8) is 0 Å². The van der Waals surface area contributed by atoms with Gasteiger partial charge in [0.2, 0.25) is 5.91 Å². The summed E-state index contributed by atoms with van der Waals surface area (Å²) in [5, 5.41) is 9.24. The lowest BCUT2D eigenvalue weighted by molar-refractivity contribution is -0.130. The highest BCUT2D eigenvalue weighted by Crippen LogP contribution is 2.22. The maximum Gasteiger partial charge on any atom is 0.222 e. The number of amides is 1. The summed E-state index contributed by atoms with van der Waals surface area (Å²) in [6.45, 7) is 5.59. The molecular weight excluding hydrogens is 202 g/mol. The highest BCUT2D eigenvalue weighted by atomic mass is 16.3. The topological polar surface area (TPSA) is 40.5 Å². The molecule has 2 unspecified atom stereocenters. The van der Waals surface area contributed by atoms with Gasteiger partial charge in [0.25, 0.3) is 0 Å². The minimum absolute atomic E-state index is 0.277. The van der Waals surface area contributed by atoms with Crippen LogP contribution < -0.4 is 0 Å². The van der Waals surface area contributed by atoms with Gasteiger partial charge in [-0.2, -0.15) is 0 Å². The fourth-order valence-corrected chi connectivity index (χ4v) is 2.37. The van der Waals surface area contributed by atoms with Crippen molar-refractivity contribution in [3.8, 4) is 0 Å². The Labute approximate surface area is 98.8 Å². The van der Waals surface area contributed by atoms with Crippen LogP contribution in [-0.4, -0.2) is 35.1 Å². The second-order valence-electron chi connectivity index (χ2n) is 5.00. The maximum atomic E-state index is 11.8. The third kappa shape index (κ3) is 4.52. The maximum absolute atomic E-state index is 11.8. The number of rotatable bonds is 5. The van der Waals surface area contributed by atoms with Crippen molar-refractivity contribution in [2.45, 2.75) is 58.5 Å². The van der Waals surface area contributed by atoms with E-state index in [0.29, 0.717) is 12.8 Å². The molecule has 0 aromatic heterocycles. The van der Waals surface area contributed by atoms with Gasteiger partial charge < -0.3 is 10.0 Å². The first-order valence-electron chi connectivity index (χ1n) is 6.59. The lowest BCUT2D eigenvalue weighted by Crippen LogP contribution is -2.32. The lowest BCUT2D eigenvalue weighted by Gasteiger charge is -2.21. The van der Waals surface area contributed by atoms with Gasteiger partial charge in [-0.25, -0.2) is 0 Å². The van der Waals surface area contributed by atoms with Gasteiger partial charge >= 0.3 is 0 Å². The van der Waals surface area contributed by atoms with Crippen LogP contribution in [0.4, 0.5) is 0 Å². The molecule has 3 nitrogen and oxygen atoms in total. The predicted octanol–water partition coefficient (Wildman–Crippen LogP) is 2.19. The normalized spacial score (nSPS) is 24.3. The highest BCUT2D eigenvalue weighted by Gasteiger charge is 2.21. The molecule has 1 N–H and O–H groups in total. The largest absolute Gasteiger partial charge is 0.393 e. The quantitative estimate of drug-likeness (QED) is 0.782. The highest BCUT2D eigenvalue weighted by molar-refractivity contribution is 5.76. The number of nitrogens with zero attached hydrogens (tertiary/aromatic N) is 1. The molecule has 16 heavy (non-hydrogen) atoms. The van der Waals surface area contributed by atoms with Crippen LogP contribution in [0.15, 0.2) is 0 Å². The first-order valence-corrected chi connectivity index (χ1v) is 6.59. The molecular formula is C13H25NO2. The van der Waals surface area contributed by atoms with Gasteiger partial charge in [0.1, 0.15) is 0 Å². The van der Waals surface area contributed by atoms with E-state index in [9.17, 15) is 9.90 Å². The van der Waals surface area contributed by atoms with Gasteiger partial charge in [-0.3, -0.25) is 4.79 Å². The van der Waals surface area contributed by atoms with Gasteiger partial charge in [-0.05, 0) is 32.1 Å². The molecule has 1 amide bonds. The van der Waals surface area contributed by atoms with Crippen molar-refractivity contribution < 1.29 is 9.90 Å². The van der Waals surface area contributed by atoms with E-state index in [2.05, 4.69) is 6.92 Å². The molecule has 0 bridgehead atoms. The van der Waals surface area contributed by atoms with Gasteiger partial charge in [0.05, 0.1) is 6.10 Å². The zero-order chi connectivity index (χ0) is 12.0. The zero-order valence-electron chi connectivity index (χ0n) is 10.6. The number of aliphatic hydroxyl groups excluding tert-OH is 1. The predicted molar refractivity (Wildman–Crippen MR) is 65.1 cm³/mol. The van der Waals surface area contributed by atoms with E-state index in [1.807, 2.05) is 4.90 Å². The summed E-state index contributed by atoms with van der Waals surface area (Å²) in [5.41, 5.74) is 0. The van der Waals surface area contributed by atoms with E-state index in [1.54, 1.807) is 6.92 Å². The minimum atomic E-state index is -0.303. The standard InChI is InChI=1S/C13H25NO2/c1-3-4-12-5-6-13(16)14(10-8-12)9-7-11(2)15/h11-12,15H,3-10H2,1-2H3. The van der Waals surface area contributed by atoms with Gasteiger partial charge in [0, 0.05) is 19.5 Å². The minimum Gasteiger partial charge on any atom is -0.393 e. The van der Waals surface area contributed by atoms with E-state index in [1.165, 1.54) is 12.8 Å². The summed E-state index contributed by atoms with van der Waals surface area (Å²) in [7, 11) is 0. The zero-order valence-corrected chi connectivity index (χ0v) is 10.6. The summed E-state index contributed by atoms with van der Waals surface area (Å²) in [5.74, 6) is 1.00. The monoisotopic (exact) mass is 227 g/mol. The molecule has 1 fully saturated rings. The van der Waals surface area contributed by atoms with E-state index < -0.39 is 0 Å². The molecule has 0 aromatic rings. The SMILES string of the molecule is CCCC1CCC(=O)N(CCC(C)O)CC1. The number of likely N-dealkylation sites (tertiary alicyclic amines) is 1. The van der Waals surface area contributed by atoms with Crippen molar-refractivity contribution >= 4 is 5.91 Å². The van der Waals surface area contributed by atoms with Gasteiger partial charge in [-0.15, -0.1) is 0 Å². The van der Waals surface area contributed by atoms with E-state index in [-0.39, 0.29) is 12.0 Å². The summed E-state index contributed by atoms with van der Waals surface area (Å²) in [6, 6.07) is 0. The molecule has 0 spiro atoms. The van der Waals surface area contributed by atoms with Crippen LogP contribution in [0, 0.1) is 5.92 Å². The van der Waals surface area contributed by atoms with Crippen LogP contribution in [0.3, 0.4) is 0 Å². The molecule has 1 aliphatic rings. The Morgan fingerprint density at radius 2 is 2.25 bits per heavy atom. The number of hydrogen-bond acceptors (Lipinski definition) is 2. The van der Waals surface area contributed by atoms with E-state index in [0.717, 1.165) is 31.8 Å². The second kappa shape index (κ2) is 6.89. The van der Waals surface area contributed by atoms with E-state index in [4.69, 9.17) is 0 Å². The fourth-order valence-electron chi connectivity index (χ4n) is 2.37. The van der Waals surface area contributed by atoms with Crippen molar-refractivity contribution in [1.82, 2.24) is 4.90 Å². The summed E-state index contributed by atoms with van der Waals surface area (Å²) >= 11 is 0. The molecule has 1 aliphatic heterocycles. The summed E-state index contributed by atoms with van der Waals surface area (Å²) in [6.07, 6.45) is 5.75. The molecule has 94 valence electrons. The van der Waals surface area contributed by atoms with Crippen molar-refractivity contribution in [3.05, 3.63) is 0 Å². The Bertz CT molecular complexity index is 216. The smallest absolute Gasteiger partial charge is 0.222 e. The van der Waals surface area contributed by atoms with Crippen molar-refractivity contribution in [1.29, 1.82) is 0 Å². The van der Waals surface area contributed by atoms with Crippen LogP contribution in [0.25, 0.3) is 0 Å². The molecule has 1 saturated heterocycles. The van der Waals surface area contributed by atoms with Gasteiger partial charge in [-0.1, -0.05) is 19.8 Å². The number of hydrogen-bond donors (Lipinski definition) is 1. The van der Waals surface area contributed by atoms with E-state index >= 15 is 0 Å². The number of carbonyl (C=O) groups excluding carboxylic acids is 1. The Kier molecular flexibility index (Phi) is 5.81. The number of carbonyl (C=O) groups is 1. The van der Waals surface area contributed by atoms with Crippen LogP contribution in [0.5, 0.6) is 0 Å². The molecule has 1 heterocycles. The molecule has 3 heteroatoms. The van der Waals surface area contributed by atoms with Crippen LogP contribution in [0.1, 0.15) is 52.4 Å². The first kappa shape index (κ1) is 13.5. The third-order valence-electron chi connectivity index (χ3n) is 3.44. The Morgan fingerprint density at radius 1 is 1.50 bits per heavy atom. The molecule has 0 saturated carbocycles. The summed E-state index contributed by atoms with van der Waals surface area (Å²) in [4.78, 5) is 13.8. The third-order valence-corrected chi connectivity index (χ3v) is 3.44. The summed E-state index contributed by atoms with van der Waals surface area (Å²) < 4.78 is 0. The van der Waals surface area contributed by atoms with Crippen molar-refractivity contribution in [2.75, 3.05) is 13.1 Å². The van der Waals surface area contributed by atoms with Crippen LogP contribution in [-0.2, 0) is 4.79 Å². The molecule has 0 radical (unpaired) electrons. The lowest BCUT2D eigenvalue weighted by atomic mass is 9.96. The van der Waals surface area contributed by atoms with Crippen molar-refractivity contribution in [2.24, 2.45) is 5.92 Å². The Hall–Kier alpha value is -0.570. The fraction of sp³-hybridized carbons (Fsp3) is 0.923. The van der Waals surface area contributed by atoms with Gasteiger partial charge in [0.15, 0.2) is 0 Å². The Morgan fingerprint density at radius 3 is 2.88 bits per heavy atom. The molecule has 0 aromatic carbocycles. The molecule has 1 rings (SSSR count).